The van der Waals surface area contributed by atoms with E-state index in [0.717, 1.165) is 13.8 Å². The normalized spacial score (nSPS) is 22.9. The van der Waals surface area contributed by atoms with Crippen molar-refractivity contribution >= 4 is 11.9 Å². The van der Waals surface area contributed by atoms with Gasteiger partial charge >= 0.3 is 0 Å². The molecule has 7 heteroatoms. The molecule has 0 amide bonds. The zero-order chi connectivity index (χ0) is 12.4. The van der Waals surface area contributed by atoms with Crippen molar-refractivity contribution in [1.82, 2.24) is 0 Å². The van der Waals surface area contributed by atoms with E-state index in [1.165, 1.54) is 0 Å². The first-order valence-electron chi connectivity index (χ1n) is 4.16. The molecule has 90 valence electrons. The van der Waals surface area contributed by atoms with Gasteiger partial charge in [0.15, 0.2) is 12.6 Å². The predicted octanol–water partition coefficient (Wildman–Crippen LogP) is -0.385. The van der Waals surface area contributed by atoms with Crippen LogP contribution < -0.4 is 0 Å². The fraction of sp³-hybridized carbons (Fsp3) is 0.750. The monoisotopic (exact) mass is 224 g/mol. The third-order valence-corrected chi connectivity index (χ3v) is 0.975. The lowest BCUT2D eigenvalue weighted by Gasteiger charge is -1.99. The largest absolute Gasteiger partial charge is 0.481 e. The summed E-state index contributed by atoms with van der Waals surface area (Å²) in [5.41, 5.74) is 0. The predicted molar refractivity (Wildman–Crippen MR) is 49.0 cm³/mol. The summed E-state index contributed by atoms with van der Waals surface area (Å²) in [5.74, 6) is -1.67. The topological polar surface area (TPSA) is 124 Å². The fourth-order valence-corrected chi connectivity index (χ4v) is 0.603. The average molecular weight is 224 g/mol. The first kappa shape index (κ1) is 16.3. The second-order valence-electron chi connectivity index (χ2n) is 2.66. The van der Waals surface area contributed by atoms with Gasteiger partial charge in [-0.05, 0) is 0 Å². The van der Waals surface area contributed by atoms with Gasteiger partial charge in [0.2, 0.25) is 0 Å². The van der Waals surface area contributed by atoms with E-state index < -0.39 is 24.5 Å². The summed E-state index contributed by atoms with van der Waals surface area (Å²) in [6, 6.07) is 0. The molecular formula is C8H16O7. The van der Waals surface area contributed by atoms with Crippen LogP contribution >= 0.6 is 0 Å². The standard InChI is InChI=1S/C4H8O3.2C2H4O2/c5-3-1-2-4(6)7-3;2*1-2(3)4/h3-6H,1-2H2;2*1H3,(H,3,4). The van der Waals surface area contributed by atoms with E-state index in [4.69, 9.17) is 30.0 Å². The average Bonchev–Trinajstić information content (AvgIpc) is 2.31. The molecule has 0 radical (unpaired) electrons. The molecular weight excluding hydrogens is 208 g/mol. The smallest absolute Gasteiger partial charge is 0.300 e. The van der Waals surface area contributed by atoms with E-state index >= 15 is 0 Å². The summed E-state index contributed by atoms with van der Waals surface area (Å²) in [4.78, 5) is 18.0. The summed E-state index contributed by atoms with van der Waals surface area (Å²) in [5, 5.41) is 31.9. The lowest BCUT2D eigenvalue weighted by Crippen LogP contribution is -2.07. The van der Waals surface area contributed by atoms with Crippen LogP contribution in [0.5, 0.6) is 0 Å². The number of carbonyl (C=O) groups is 2. The van der Waals surface area contributed by atoms with Crippen molar-refractivity contribution in [3.63, 3.8) is 0 Å². The van der Waals surface area contributed by atoms with Gasteiger partial charge in [0.1, 0.15) is 0 Å². The molecule has 2 atom stereocenters. The Labute approximate surface area is 86.9 Å². The fourth-order valence-electron chi connectivity index (χ4n) is 0.603. The molecule has 0 aromatic rings. The van der Waals surface area contributed by atoms with E-state index in [1.807, 2.05) is 0 Å². The molecule has 2 unspecified atom stereocenters. The van der Waals surface area contributed by atoms with Crippen LogP contribution in [0.4, 0.5) is 0 Å². The van der Waals surface area contributed by atoms with Crippen molar-refractivity contribution < 1.29 is 34.8 Å². The second kappa shape index (κ2) is 9.38. The highest BCUT2D eigenvalue weighted by Gasteiger charge is 2.19. The highest BCUT2D eigenvalue weighted by Crippen LogP contribution is 2.13. The number of hydrogen-bond acceptors (Lipinski definition) is 5. The molecule has 1 saturated heterocycles. The number of aliphatic hydroxyl groups excluding tert-OH is 2. The third-order valence-electron chi connectivity index (χ3n) is 0.975. The number of carboxylic acid groups (broad SMARTS) is 2. The minimum Gasteiger partial charge on any atom is -0.481 e. The van der Waals surface area contributed by atoms with Gasteiger partial charge in [0, 0.05) is 26.7 Å². The highest BCUT2D eigenvalue weighted by molar-refractivity contribution is 5.63. The van der Waals surface area contributed by atoms with Gasteiger partial charge in [-0.1, -0.05) is 0 Å². The van der Waals surface area contributed by atoms with E-state index in [0.29, 0.717) is 12.8 Å². The van der Waals surface area contributed by atoms with E-state index in [9.17, 15) is 0 Å². The van der Waals surface area contributed by atoms with Gasteiger partial charge < -0.3 is 25.2 Å². The first-order valence-corrected chi connectivity index (χ1v) is 4.16. The quantitative estimate of drug-likeness (QED) is 0.441. The molecule has 0 saturated carbocycles. The summed E-state index contributed by atoms with van der Waals surface area (Å²) >= 11 is 0. The number of rotatable bonds is 0. The summed E-state index contributed by atoms with van der Waals surface area (Å²) < 4.78 is 4.47. The van der Waals surface area contributed by atoms with Crippen LogP contribution in [0.15, 0.2) is 0 Å². The minimum atomic E-state index is -0.833. The Balaban J connectivity index is 0. The maximum atomic E-state index is 9.00. The van der Waals surface area contributed by atoms with E-state index in [1.54, 1.807) is 0 Å². The lowest BCUT2D eigenvalue weighted by molar-refractivity contribution is -0.160. The second-order valence-corrected chi connectivity index (χ2v) is 2.66. The number of aliphatic hydroxyl groups is 2. The number of ether oxygens (including phenoxy) is 1. The molecule has 0 aliphatic carbocycles. The summed E-state index contributed by atoms with van der Waals surface area (Å²) in [6.07, 6.45) is -0.340. The van der Waals surface area contributed by atoms with Crippen LogP contribution in [-0.2, 0) is 14.3 Å². The third kappa shape index (κ3) is 24.5. The van der Waals surface area contributed by atoms with Crippen LogP contribution in [-0.4, -0.2) is 44.9 Å². The van der Waals surface area contributed by atoms with Crippen molar-refractivity contribution in [2.24, 2.45) is 0 Å². The van der Waals surface area contributed by atoms with E-state index in [2.05, 4.69) is 4.74 Å². The Morgan fingerprint density at radius 3 is 1.27 bits per heavy atom. The van der Waals surface area contributed by atoms with Crippen molar-refractivity contribution in [3.05, 3.63) is 0 Å². The Morgan fingerprint density at radius 1 is 1.00 bits per heavy atom. The van der Waals surface area contributed by atoms with Crippen LogP contribution in [0.3, 0.4) is 0 Å². The van der Waals surface area contributed by atoms with Crippen LogP contribution in [0.25, 0.3) is 0 Å². The maximum Gasteiger partial charge on any atom is 0.300 e. The van der Waals surface area contributed by atoms with Crippen molar-refractivity contribution in [2.45, 2.75) is 39.3 Å². The Kier molecular flexibility index (Phi) is 10.2. The summed E-state index contributed by atoms with van der Waals surface area (Å²) in [7, 11) is 0. The molecule has 0 bridgehead atoms. The van der Waals surface area contributed by atoms with Gasteiger partial charge in [0.05, 0.1) is 0 Å². The molecule has 1 aliphatic heterocycles. The van der Waals surface area contributed by atoms with Crippen molar-refractivity contribution in [3.8, 4) is 0 Å². The molecule has 7 nitrogen and oxygen atoms in total. The molecule has 1 rings (SSSR count). The van der Waals surface area contributed by atoms with Gasteiger partial charge in [-0.25, -0.2) is 0 Å². The van der Waals surface area contributed by atoms with Crippen molar-refractivity contribution in [2.75, 3.05) is 0 Å². The van der Waals surface area contributed by atoms with Crippen LogP contribution in [0.2, 0.25) is 0 Å². The highest BCUT2D eigenvalue weighted by atomic mass is 16.7. The minimum absolute atomic E-state index is 0.557. The zero-order valence-corrected chi connectivity index (χ0v) is 8.58. The molecule has 0 spiro atoms. The molecule has 1 heterocycles. The molecule has 15 heavy (non-hydrogen) atoms. The van der Waals surface area contributed by atoms with Gasteiger partial charge in [-0.3, -0.25) is 9.59 Å². The first-order chi connectivity index (χ1) is 6.75. The zero-order valence-electron chi connectivity index (χ0n) is 8.58. The van der Waals surface area contributed by atoms with Gasteiger partial charge in [0.25, 0.3) is 11.9 Å². The molecule has 0 aromatic carbocycles. The Morgan fingerprint density at radius 2 is 1.20 bits per heavy atom. The SMILES string of the molecule is CC(=O)O.CC(=O)O.OC1CCC(O)O1. The Hall–Kier alpha value is -1.18. The number of aliphatic carboxylic acids is 2. The van der Waals surface area contributed by atoms with Gasteiger partial charge in [-0.2, -0.15) is 0 Å². The number of hydrogen-bond donors (Lipinski definition) is 4. The molecule has 1 aliphatic rings. The maximum absolute atomic E-state index is 9.00. The molecule has 4 N–H and O–H groups in total. The van der Waals surface area contributed by atoms with Gasteiger partial charge in [-0.15, -0.1) is 0 Å². The Bertz CT molecular complexity index is 163. The van der Waals surface area contributed by atoms with Crippen LogP contribution in [0, 0.1) is 0 Å². The summed E-state index contributed by atoms with van der Waals surface area (Å²) in [6.45, 7) is 2.17. The number of carboxylic acids is 2. The molecule has 1 fully saturated rings. The van der Waals surface area contributed by atoms with E-state index in [-0.39, 0.29) is 0 Å². The molecule has 0 aromatic heterocycles. The van der Waals surface area contributed by atoms with Crippen molar-refractivity contribution in [1.29, 1.82) is 0 Å². The van der Waals surface area contributed by atoms with Crippen LogP contribution in [0.1, 0.15) is 26.7 Å². The lowest BCUT2D eigenvalue weighted by atomic mass is 10.3.